The molecule has 0 aliphatic heterocycles. The van der Waals surface area contributed by atoms with E-state index in [1.165, 1.54) is 6.21 Å². The first-order valence-corrected chi connectivity index (χ1v) is 5.15. The van der Waals surface area contributed by atoms with Crippen molar-refractivity contribution in [3.8, 4) is 0 Å². The van der Waals surface area contributed by atoms with E-state index in [1.54, 1.807) is 0 Å². The minimum absolute atomic E-state index is 0.0445. The Morgan fingerprint density at radius 1 is 1.47 bits per heavy atom. The van der Waals surface area contributed by atoms with E-state index in [-0.39, 0.29) is 5.92 Å². The fraction of sp³-hybridized carbons (Fsp3) is 0.545. The molecule has 4 nitrogen and oxygen atoms in total. The van der Waals surface area contributed by atoms with Crippen LogP contribution in [-0.2, 0) is 9.47 Å². The highest BCUT2D eigenvalue weighted by molar-refractivity contribution is 5.64. The van der Waals surface area contributed by atoms with Gasteiger partial charge in [0, 0.05) is 18.4 Å². The number of hydrogen-bond acceptors (Lipinski definition) is 4. The highest BCUT2D eigenvalue weighted by Gasteiger charge is 2.15. The first-order chi connectivity index (χ1) is 7.30. The second-order valence-electron chi connectivity index (χ2n) is 3.18. The average molecular weight is 211 g/mol. The Labute approximate surface area is 89.9 Å². The van der Waals surface area contributed by atoms with Crippen molar-refractivity contribution in [2.24, 2.45) is 11.1 Å². The molecule has 0 radical (unpaired) electrons. The predicted molar refractivity (Wildman–Crippen MR) is 57.8 cm³/mol. The molecule has 0 amide bonds. The number of oxime groups is 1. The van der Waals surface area contributed by atoms with Crippen molar-refractivity contribution in [2.45, 2.75) is 20.3 Å². The van der Waals surface area contributed by atoms with Crippen LogP contribution < -0.4 is 0 Å². The second-order valence-corrected chi connectivity index (χ2v) is 3.18. The molecule has 1 aliphatic rings. The fourth-order valence-electron chi connectivity index (χ4n) is 1.49. The molecule has 0 saturated carbocycles. The Morgan fingerprint density at radius 3 is 2.80 bits per heavy atom. The van der Waals surface area contributed by atoms with E-state index in [0.717, 1.165) is 11.5 Å². The second kappa shape index (κ2) is 6.11. The molecular weight excluding hydrogens is 194 g/mol. The summed E-state index contributed by atoms with van der Waals surface area (Å²) in [4.78, 5) is 0. The van der Waals surface area contributed by atoms with Crippen molar-refractivity contribution in [1.82, 2.24) is 0 Å². The van der Waals surface area contributed by atoms with Crippen LogP contribution in [0.3, 0.4) is 0 Å². The largest absolute Gasteiger partial charge is 0.498 e. The molecule has 1 aliphatic carbocycles. The van der Waals surface area contributed by atoms with Crippen molar-refractivity contribution in [3.05, 3.63) is 23.7 Å². The zero-order valence-electron chi connectivity index (χ0n) is 9.14. The first-order valence-electron chi connectivity index (χ1n) is 5.15. The summed E-state index contributed by atoms with van der Waals surface area (Å²) in [6.45, 7) is 5.12. The van der Waals surface area contributed by atoms with E-state index < -0.39 is 0 Å². The Hall–Kier alpha value is -1.45. The molecule has 1 unspecified atom stereocenters. The molecule has 0 aromatic rings. The van der Waals surface area contributed by atoms with Crippen molar-refractivity contribution >= 4 is 6.21 Å². The van der Waals surface area contributed by atoms with Gasteiger partial charge in [-0.1, -0.05) is 0 Å². The lowest BCUT2D eigenvalue weighted by Crippen LogP contribution is -2.10. The maximum Gasteiger partial charge on any atom is 0.119 e. The van der Waals surface area contributed by atoms with Crippen LogP contribution >= 0.6 is 0 Å². The molecule has 0 heterocycles. The molecule has 84 valence electrons. The molecule has 0 bridgehead atoms. The maximum absolute atomic E-state index is 8.49. The molecule has 0 saturated heterocycles. The molecule has 0 aromatic heterocycles. The van der Waals surface area contributed by atoms with E-state index in [2.05, 4.69) is 5.16 Å². The summed E-state index contributed by atoms with van der Waals surface area (Å²) in [5.74, 6) is 1.69. The molecule has 0 aromatic carbocycles. The quantitative estimate of drug-likeness (QED) is 0.431. The van der Waals surface area contributed by atoms with E-state index in [0.29, 0.717) is 19.6 Å². The number of hydrogen-bond donors (Lipinski definition) is 1. The van der Waals surface area contributed by atoms with Crippen molar-refractivity contribution in [3.63, 3.8) is 0 Å². The van der Waals surface area contributed by atoms with Crippen LogP contribution in [0.1, 0.15) is 20.3 Å². The van der Waals surface area contributed by atoms with Gasteiger partial charge in [-0.2, -0.15) is 0 Å². The molecule has 1 atom stereocenters. The van der Waals surface area contributed by atoms with Gasteiger partial charge in [0.2, 0.25) is 0 Å². The van der Waals surface area contributed by atoms with E-state index >= 15 is 0 Å². The van der Waals surface area contributed by atoms with Crippen molar-refractivity contribution in [1.29, 1.82) is 0 Å². The third kappa shape index (κ3) is 3.65. The van der Waals surface area contributed by atoms with Gasteiger partial charge in [-0.05, 0) is 19.9 Å². The average Bonchev–Trinajstić information content (AvgIpc) is 2.19. The minimum Gasteiger partial charge on any atom is -0.498 e. The fourth-order valence-corrected chi connectivity index (χ4v) is 1.49. The van der Waals surface area contributed by atoms with Crippen LogP contribution in [0.15, 0.2) is 28.8 Å². The lowest BCUT2D eigenvalue weighted by atomic mass is 10.00. The summed E-state index contributed by atoms with van der Waals surface area (Å²) in [6, 6.07) is 0. The van der Waals surface area contributed by atoms with E-state index in [9.17, 15) is 0 Å². The van der Waals surface area contributed by atoms with Gasteiger partial charge >= 0.3 is 0 Å². The van der Waals surface area contributed by atoms with Gasteiger partial charge in [-0.3, -0.25) is 0 Å². The smallest absolute Gasteiger partial charge is 0.119 e. The SMILES string of the molecule is CCOC1=CC(/C=N/O)CC(OCC)=C1. The number of ether oxygens (including phenoxy) is 2. The van der Waals surface area contributed by atoms with Gasteiger partial charge in [-0.15, -0.1) is 5.16 Å². The van der Waals surface area contributed by atoms with Gasteiger partial charge in [-0.25, -0.2) is 0 Å². The third-order valence-corrected chi connectivity index (χ3v) is 2.02. The summed E-state index contributed by atoms with van der Waals surface area (Å²) in [5.41, 5.74) is 0. The molecule has 0 spiro atoms. The number of rotatable bonds is 5. The zero-order valence-corrected chi connectivity index (χ0v) is 9.14. The summed E-state index contributed by atoms with van der Waals surface area (Å²) < 4.78 is 10.8. The Kier molecular flexibility index (Phi) is 4.74. The lowest BCUT2D eigenvalue weighted by Gasteiger charge is -2.18. The van der Waals surface area contributed by atoms with Gasteiger partial charge in [0.1, 0.15) is 11.5 Å². The molecule has 1 N–H and O–H groups in total. The Morgan fingerprint density at radius 2 is 2.20 bits per heavy atom. The van der Waals surface area contributed by atoms with Gasteiger partial charge in [0.15, 0.2) is 0 Å². The highest BCUT2D eigenvalue weighted by atomic mass is 16.5. The number of nitrogens with zero attached hydrogens (tertiary/aromatic N) is 1. The van der Waals surface area contributed by atoms with Gasteiger partial charge < -0.3 is 14.7 Å². The van der Waals surface area contributed by atoms with Crippen LogP contribution in [0, 0.1) is 5.92 Å². The first kappa shape index (κ1) is 11.6. The lowest BCUT2D eigenvalue weighted by molar-refractivity contribution is 0.197. The Balaban J connectivity index is 2.72. The zero-order chi connectivity index (χ0) is 11.1. The highest BCUT2D eigenvalue weighted by Crippen LogP contribution is 2.23. The normalized spacial score (nSPS) is 21.1. The summed E-state index contributed by atoms with van der Waals surface area (Å²) in [5, 5.41) is 11.5. The monoisotopic (exact) mass is 211 g/mol. The molecule has 15 heavy (non-hydrogen) atoms. The van der Waals surface area contributed by atoms with Crippen molar-refractivity contribution in [2.75, 3.05) is 13.2 Å². The molecule has 4 heteroatoms. The van der Waals surface area contributed by atoms with Crippen LogP contribution in [0.25, 0.3) is 0 Å². The van der Waals surface area contributed by atoms with Gasteiger partial charge in [0.25, 0.3) is 0 Å². The topological polar surface area (TPSA) is 51.0 Å². The van der Waals surface area contributed by atoms with Crippen molar-refractivity contribution < 1.29 is 14.7 Å². The number of allylic oxidation sites excluding steroid dienone is 3. The van der Waals surface area contributed by atoms with Crippen LogP contribution in [0.4, 0.5) is 0 Å². The van der Waals surface area contributed by atoms with Crippen LogP contribution in [0.2, 0.25) is 0 Å². The standard InChI is InChI=1S/C11H17NO3/c1-3-14-10-5-9(8-12-13)6-11(7-10)15-4-2/h5,7-9,13H,3-4,6H2,1-2H3/b12-8+. The summed E-state index contributed by atoms with van der Waals surface area (Å²) >= 11 is 0. The molecule has 0 fully saturated rings. The maximum atomic E-state index is 8.49. The predicted octanol–water partition coefficient (Wildman–Crippen LogP) is 2.31. The van der Waals surface area contributed by atoms with E-state index in [1.807, 2.05) is 26.0 Å². The summed E-state index contributed by atoms with van der Waals surface area (Å²) in [7, 11) is 0. The van der Waals surface area contributed by atoms with Crippen LogP contribution in [-0.4, -0.2) is 24.6 Å². The van der Waals surface area contributed by atoms with Crippen LogP contribution in [0.5, 0.6) is 0 Å². The molecular formula is C11H17NO3. The minimum atomic E-state index is 0.0445. The summed E-state index contributed by atoms with van der Waals surface area (Å²) in [6.07, 6.45) is 6.00. The Bertz CT molecular complexity index is 282. The molecule has 1 rings (SSSR count). The third-order valence-electron chi connectivity index (χ3n) is 2.02. The van der Waals surface area contributed by atoms with E-state index in [4.69, 9.17) is 14.7 Å². The van der Waals surface area contributed by atoms with Gasteiger partial charge in [0.05, 0.1) is 19.4 Å².